The molecule has 2 saturated heterocycles. The largest absolute Gasteiger partial charge is 0.381 e. The van der Waals surface area contributed by atoms with Crippen LogP contribution in [0.2, 0.25) is 0 Å². The monoisotopic (exact) mass is 320 g/mol. The van der Waals surface area contributed by atoms with E-state index in [4.69, 9.17) is 4.74 Å². The molecule has 1 spiro atoms. The van der Waals surface area contributed by atoms with Gasteiger partial charge in [-0.3, -0.25) is 4.79 Å². The van der Waals surface area contributed by atoms with Crippen molar-refractivity contribution in [2.24, 2.45) is 11.3 Å². The van der Waals surface area contributed by atoms with Crippen molar-refractivity contribution in [3.05, 3.63) is 22.4 Å². The van der Waals surface area contributed by atoms with Crippen LogP contribution < -0.4 is 5.32 Å². The van der Waals surface area contributed by atoms with Gasteiger partial charge in [0.05, 0.1) is 12.5 Å². The van der Waals surface area contributed by atoms with Gasteiger partial charge in [0, 0.05) is 19.2 Å². The van der Waals surface area contributed by atoms with Crippen LogP contribution in [0.5, 0.6) is 0 Å². The van der Waals surface area contributed by atoms with Gasteiger partial charge in [-0.05, 0) is 66.6 Å². The average molecular weight is 320 g/mol. The summed E-state index contributed by atoms with van der Waals surface area (Å²) in [7, 11) is 0. The third-order valence-electron chi connectivity index (χ3n) is 5.62. The zero-order valence-corrected chi connectivity index (χ0v) is 13.7. The highest BCUT2D eigenvalue weighted by atomic mass is 32.1. The van der Waals surface area contributed by atoms with Crippen LogP contribution in [0.3, 0.4) is 0 Å². The Morgan fingerprint density at radius 3 is 3.00 bits per heavy atom. The number of amides is 1. The number of ether oxygens (including phenoxy) is 1. The van der Waals surface area contributed by atoms with Crippen molar-refractivity contribution in [3.8, 4) is 0 Å². The van der Waals surface area contributed by atoms with Crippen molar-refractivity contribution in [2.45, 2.75) is 38.3 Å². The second kappa shape index (κ2) is 5.95. The van der Waals surface area contributed by atoms with E-state index in [1.54, 1.807) is 11.3 Å². The lowest BCUT2D eigenvalue weighted by atomic mass is 9.93. The van der Waals surface area contributed by atoms with E-state index in [9.17, 15) is 4.79 Å². The fraction of sp³-hybridized carbons (Fsp3) is 0.706. The van der Waals surface area contributed by atoms with Crippen LogP contribution in [0, 0.1) is 11.3 Å². The lowest BCUT2D eigenvalue weighted by Crippen LogP contribution is -2.41. The molecule has 3 heterocycles. The van der Waals surface area contributed by atoms with Gasteiger partial charge in [0.15, 0.2) is 0 Å². The average Bonchev–Trinajstić information content (AvgIpc) is 3.02. The molecule has 4 nitrogen and oxygen atoms in total. The van der Waals surface area contributed by atoms with Crippen molar-refractivity contribution in [3.63, 3.8) is 0 Å². The van der Waals surface area contributed by atoms with Gasteiger partial charge in [0.1, 0.15) is 0 Å². The van der Waals surface area contributed by atoms with Crippen molar-refractivity contribution in [2.75, 3.05) is 26.3 Å². The molecule has 2 atom stereocenters. The van der Waals surface area contributed by atoms with Gasteiger partial charge in [-0.15, -0.1) is 0 Å². The third kappa shape index (κ3) is 2.70. The van der Waals surface area contributed by atoms with Gasteiger partial charge < -0.3 is 15.0 Å². The molecule has 1 saturated carbocycles. The van der Waals surface area contributed by atoms with Gasteiger partial charge >= 0.3 is 0 Å². The van der Waals surface area contributed by atoms with E-state index in [0.717, 1.165) is 32.7 Å². The second-order valence-electron chi connectivity index (χ2n) is 6.99. The van der Waals surface area contributed by atoms with Crippen LogP contribution in [-0.2, 0) is 16.1 Å². The van der Waals surface area contributed by atoms with Gasteiger partial charge in [0.2, 0.25) is 5.91 Å². The molecule has 3 aliphatic rings. The number of rotatable bonds is 4. The van der Waals surface area contributed by atoms with Crippen molar-refractivity contribution < 1.29 is 9.53 Å². The van der Waals surface area contributed by atoms with Crippen LogP contribution in [-0.4, -0.2) is 43.2 Å². The summed E-state index contributed by atoms with van der Waals surface area (Å²) in [4.78, 5) is 15.2. The van der Waals surface area contributed by atoms with Crippen molar-refractivity contribution in [1.82, 2.24) is 10.2 Å². The smallest absolute Gasteiger partial charge is 0.228 e. The van der Waals surface area contributed by atoms with E-state index in [2.05, 4.69) is 27.0 Å². The molecular weight excluding hydrogens is 296 g/mol. The number of nitrogens with zero attached hydrogens (tertiary/aromatic N) is 1. The Hall–Kier alpha value is -0.910. The number of thiophene rings is 1. The van der Waals surface area contributed by atoms with Crippen LogP contribution >= 0.6 is 11.3 Å². The Morgan fingerprint density at radius 1 is 1.45 bits per heavy atom. The van der Waals surface area contributed by atoms with Gasteiger partial charge in [-0.25, -0.2) is 0 Å². The minimum absolute atomic E-state index is 0.0815. The molecule has 2 unspecified atom stereocenters. The molecule has 3 fully saturated rings. The summed E-state index contributed by atoms with van der Waals surface area (Å²) < 4.78 is 5.45. The summed E-state index contributed by atoms with van der Waals surface area (Å²) in [6.45, 7) is 4.33. The van der Waals surface area contributed by atoms with Crippen LogP contribution in [0.4, 0.5) is 0 Å². The Kier molecular flexibility index (Phi) is 3.96. The standard InChI is InChI=1S/C17H24N2O2S/c20-16(14-1-7-21-11-14)19(10-13-2-8-22-12-13)15-9-17(15)3-5-18-6-4-17/h2,8,12,14-15,18H,1,3-7,9-11H2. The molecule has 5 heteroatoms. The minimum atomic E-state index is 0.0815. The van der Waals surface area contributed by atoms with E-state index < -0.39 is 0 Å². The van der Waals surface area contributed by atoms with E-state index in [0.29, 0.717) is 24.0 Å². The predicted molar refractivity (Wildman–Crippen MR) is 86.7 cm³/mol. The van der Waals surface area contributed by atoms with E-state index >= 15 is 0 Å². The maximum absolute atomic E-state index is 13.0. The van der Waals surface area contributed by atoms with Crippen molar-refractivity contribution in [1.29, 1.82) is 0 Å². The summed E-state index contributed by atoms with van der Waals surface area (Å²) >= 11 is 1.71. The molecule has 22 heavy (non-hydrogen) atoms. The number of nitrogens with one attached hydrogen (secondary N) is 1. The Morgan fingerprint density at radius 2 is 2.32 bits per heavy atom. The van der Waals surface area contributed by atoms with E-state index in [1.807, 2.05) is 0 Å². The van der Waals surface area contributed by atoms with Crippen LogP contribution in [0.15, 0.2) is 16.8 Å². The highest BCUT2D eigenvalue weighted by Crippen LogP contribution is 2.56. The molecule has 1 amide bonds. The second-order valence-corrected chi connectivity index (χ2v) is 7.77. The normalized spacial score (nSPS) is 29.6. The van der Waals surface area contributed by atoms with Crippen LogP contribution in [0.1, 0.15) is 31.2 Å². The molecule has 1 aliphatic carbocycles. The summed E-state index contributed by atoms with van der Waals surface area (Å²) in [5, 5.41) is 7.72. The zero-order chi connectivity index (χ0) is 15.0. The quantitative estimate of drug-likeness (QED) is 0.925. The molecule has 0 bridgehead atoms. The van der Waals surface area contributed by atoms with Gasteiger partial charge in [-0.1, -0.05) is 0 Å². The first-order valence-corrected chi connectivity index (χ1v) is 9.33. The summed E-state index contributed by atoms with van der Waals surface area (Å²) in [5.74, 6) is 0.405. The molecule has 1 aromatic heterocycles. The number of hydrogen-bond donors (Lipinski definition) is 1. The molecule has 0 radical (unpaired) electrons. The van der Waals surface area contributed by atoms with E-state index in [-0.39, 0.29) is 5.92 Å². The maximum atomic E-state index is 13.0. The minimum Gasteiger partial charge on any atom is -0.381 e. The third-order valence-corrected chi connectivity index (χ3v) is 6.35. The number of carbonyl (C=O) groups excluding carboxylic acids is 1. The predicted octanol–water partition coefficient (Wildman–Crippen LogP) is 2.26. The SMILES string of the molecule is O=C(C1CCOC1)N(Cc1ccsc1)C1CC12CCNCC2. The Labute approximate surface area is 135 Å². The van der Waals surface area contributed by atoms with Crippen molar-refractivity contribution >= 4 is 17.2 Å². The highest BCUT2D eigenvalue weighted by Gasteiger charge is 2.58. The molecule has 4 rings (SSSR count). The molecule has 1 N–H and O–H groups in total. The Balaban J connectivity index is 1.51. The number of piperidine rings is 1. The summed E-state index contributed by atoms with van der Waals surface area (Å²) in [6, 6.07) is 2.59. The number of carbonyl (C=O) groups is 1. The first-order valence-electron chi connectivity index (χ1n) is 8.39. The first-order chi connectivity index (χ1) is 10.8. The van der Waals surface area contributed by atoms with E-state index in [1.165, 1.54) is 24.8 Å². The van der Waals surface area contributed by atoms with Gasteiger partial charge in [-0.2, -0.15) is 11.3 Å². The number of hydrogen-bond acceptors (Lipinski definition) is 4. The highest BCUT2D eigenvalue weighted by molar-refractivity contribution is 7.07. The topological polar surface area (TPSA) is 41.6 Å². The molecule has 120 valence electrons. The lowest BCUT2D eigenvalue weighted by molar-refractivity contribution is -0.137. The molecule has 2 aliphatic heterocycles. The van der Waals surface area contributed by atoms with Crippen LogP contribution in [0.25, 0.3) is 0 Å². The molecule has 1 aromatic rings. The fourth-order valence-electron chi connectivity index (χ4n) is 4.11. The molecular formula is C17H24N2O2S. The summed E-state index contributed by atoms with van der Waals surface area (Å²) in [6.07, 6.45) is 4.51. The first kappa shape index (κ1) is 14.7. The molecule has 0 aromatic carbocycles. The van der Waals surface area contributed by atoms with Gasteiger partial charge in [0.25, 0.3) is 0 Å². The fourth-order valence-corrected chi connectivity index (χ4v) is 4.77. The summed E-state index contributed by atoms with van der Waals surface area (Å²) in [5.41, 5.74) is 1.67. The maximum Gasteiger partial charge on any atom is 0.228 e. The lowest BCUT2D eigenvalue weighted by Gasteiger charge is -2.31. The Bertz CT molecular complexity index is 519. The zero-order valence-electron chi connectivity index (χ0n) is 12.9.